The van der Waals surface area contributed by atoms with Crippen molar-refractivity contribution in [3.05, 3.63) is 22.7 Å². The molecule has 0 amide bonds. The summed E-state index contributed by atoms with van der Waals surface area (Å²) in [5.41, 5.74) is 6.92. The summed E-state index contributed by atoms with van der Waals surface area (Å²) in [5, 5.41) is 8.11. The SMILES string of the molecule is CCCN(Cc1noc(-c2ccsc2)n1)CC(C)(C)CN. The maximum atomic E-state index is 5.84. The van der Waals surface area contributed by atoms with E-state index in [0.717, 1.165) is 30.9 Å². The molecular weight excluding hydrogens is 284 g/mol. The van der Waals surface area contributed by atoms with Crippen molar-refractivity contribution in [2.45, 2.75) is 33.7 Å². The second-order valence-electron chi connectivity index (χ2n) is 6.11. The van der Waals surface area contributed by atoms with E-state index in [2.05, 4.69) is 35.8 Å². The second-order valence-corrected chi connectivity index (χ2v) is 6.89. The summed E-state index contributed by atoms with van der Waals surface area (Å²) in [5.74, 6) is 1.33. The van der Waals surface area contributed by atoms with Crippen molar-refractivity contribution in [2.24, 2.45) is 11.1 Å². The zero-order valence-corrected chi connectivity index (χ0v) is 13.8. The second kappa shape index (κ2) is 7.15. The zero-order valence-electron chi connectivity index (χ0n) is 13.0. The Kier molecular flexibility index (Phi) is 5.50. The Labute approximate surface area is 130 Å². The van der Waals surface area contributed by atoms with Crippen LogP contribution in [0.5, 0.6) is 0 Å². The van der Waals surface area contributed by atoms with Gasteiger partial charge in [0, 0.05) is 11.9 Å². The molecule has 0 saturated heterocycles. The summed E-state index contributed by atoms with van der Waals surface area (Å²) in [4.78, 5) is 6.83. The van der Waals surface area contributed by atoms with Crippen LogP contribution in [0.25, 0.3) is 11.5 Å². The lowest BCUT2D eigenvalue weighted by atomic mass is 9.93. The first-order valence-corrected chi connectivity index (χ1v) is 8.26. The number of hydrogen-bond donors (Lipinski definition) is 1. The third kappa shape index (κ3) is 4.62. The Morgan fingerprint density at radius 1 is 1.43 bits per heavy atom. The molecule has 21 heavy (non-hydrogen) atoms. The minimum atomic E-state index is 0.0924. The van der Waals surface area contributed by atoms with Gasteiger partial charge in [-0.05, 0) is 36.4 Å². The molecule has 2 aromatic rings. The lowest BCUT2D eigenvalue weighted by Gasteiger charge is -2.30. The van der Waals surface area contributed by atoms with Crippen LogP contribution in [0.1, 0.15) is 33.0 Å². The van der Waals surface area contributed by atoms with E-state index in [1.165, 1.54) is 0 Å². The van der Waals surface area contributed by atoms with Crippen LogP contribution < -0.4 is 5.73 Å². The van der Waals surface area contributed by atoms with Crippen LogP contribution in [0.3, 0.4) is 0 Å². The van der Waals surface area contributed by atoms with Crippen molar-refractivity contribution in [3.63, 3.8) is 0 Å². The van der Waals surface area contributed by atoms with Crippen molar-refractivity contribution in [3.8, 4) is 11.5 Å². The molecule has 0 aliphatic rings. The Morgan fingerprint density at radius 3 is 2.86 bits per heavy atom. The van der Waals surface area contributed by atoms with Gasteiger partial charge in [-0.25, -0.2) is 0 Å². The fraction of sp³-hybridized carbons (Fsp3) is 0.600. The minimum Gasteiger partial charge on any atom is -0.334 e. The molecule has 0 aliphatic heterocycles. The van der Waals surface area contributed by atoms with E-state index in [9.17, 15) is 0 Å². The van der Waals surface area contributed by atoms with Gasteiger partial charge < -0.3 is 10.3 Å². The summed E-state index contributed by atoms with van der Waals surface area (Å²) in [7, 11) is 0. The average molecular weight is 308 g/mol. The summed E-state index contributed by atoms with van der Waals surface area (Å²) in [6.45, 7) is 9.84. The van der Waals surface area contributed by atoms with Crippen LogP contribution in [0.2, 0.25) is 0 Å². The van der Waals surface area contributed by atoms with Gasteiger partial charge in [0.05, 0.1) is 12.1 Å². The first-order valence-electron chi connectivity index (χ1n) is 7.31. The van der Waals surface area contributed by atoms with Crippen LogP contribution in [0, 0.1) is 5.41 Å². The molecule has 0 aliphatic carbocycles. The van der Waals surface area contributed by atoms with Crippen molar-refractivity contribution in [1.29, 1.82) is 0 Å². The van der Waals surface area contributed by atoms with E-state index in [1.54, 1.807) is 11.3 Å². The van der Waals surface area contributed by atoms with Crippen LogP contribution in [-0.2, 0) is 6.54 Å². The third-order valence-electron chi connectivity index (χ3n) is 3.35. The lowest BCUT2D eigenvalue weighted by molar-refractivity contribution is 0.171. The maximum absolute atomic E-state index is 5.84. The topological polar surface area (TPSA) is 68.2 Å². The monoisotopic (exact) mass is 308 g/mol. The van der Waals surface area contributed by atoms with Crippen LogP contribution >= 0.6 is 11.3 Å². The van der Waals surface area contributed by atoms with E-state index >= 15 is 0 Å². The van der Waals surface area contributed by atoms with Gasteiger partial charge in [0.2, 0.25) is 0 Å². The number of nitrogens with zero attached hydrogens (tertiary/aromatic N) is 3. The van der Waals surface area contributed by atoms with Gasteiger partial charge in [-0.15, -0.1) is 0 Å². The molecule has 0 aromatic carbocycles. The molecule has 2 rings (SSSR count). The normalized spacial score (nSPS) is 12.2. The van der Waals surface area contributed by atoms with Gasteiger partial charge in [-0.2, -0.15) is 16.3 Å². The highest BCUT2D eigenvalue weighted by atomic mass is 32.1. The molecule has 0 bridgehead atoms. The number of aromatic nitrogens is 2. The van der Waals surface area contributed by atoms with Crippen molar-refractivity contribution < 1.29 is 4.52 Å². The lowest BCUT2D eigenvalue weighted by Crippen LogP contribution is -2.39. The first kappa shape index (κ1) is 16.1. The molecule has 0 fully saturated rings. The number of nitrogens with two attached hydrogens (primary N) is 1. The van der Waals surface area contributed by atoms with Gasteiger partial charge in [0.25, 0.3) is 5.89 Å². The Hall–Kier alpha value is -1.24. The van der Waals surface area contributed by atoms with Gasteiger partial charge in [-0.3, -0.25) is 4.90 Å². The summed E-state index contributed by atoms with van der Waals surface area (Å²) < 4.78 is 5.34. The molecule has 0 atom stereocenters. The molecule has 2 aromatic heterocycles. The van der Waals surface area contributed by atoms with Gasteiger partial charge in [0.1, 0.15) is 0 Å². The Balaban J connectivity index is 2.03. The van der Waals surface area contributed by atoms with Crippen molar-refractivity contribution >= 4 is 11.3 Å². The molecule has 2 N–H and O–H groups in total. The van der Waals surface area contributed by atoms with Gasteiger partial charge in [0.15, 0.2) is 5.82 Å². The fourth-order valence-corrected chi connectivity index (χ4v) is 2.85. The molecule has 116 valence electrons. The van der Waals surface area contributed by atoms with Crippen LogP contribution in [-0.4, -0.2) is 34.7 Å². The third-order valence-corrected chi connectivity index (χ3v) is 4.03. The zero-order chi connectivity index (χ0) is 15.3. The van der Waals surface area contributed by atoms with Gasteiger partial charge in [-0.1, -0.05) is 25.9 Å². The smallest absolute Gasteiger partial charge is 0.258 e. The fourth-order valence-electron chi connectivity index (χ4n) is 2.22. The molecular formula is C15H24N4OS. The van der Waals surface area contributed by atoms with Crippen molar-refractivity contribution in [2.75, 3.05) is 19.6 Å². The standard InChI is InChI=1S/C15H24N4OS/c1-4-6-19(11-15(2,3)10-16)8-13-17-14(20-18-13)12-5-7-21-9-12/h5,7,9H,4,6,8,10-11,16H2,1-3H3. The molecule has 0 spiro atoms. The van der Waals surface area contributed by atoms with E-state index in [4.69, 9.17) is 10.3 Å². The molecule has 5 nitrogen and oxygen atoms in total. The summed E-state index contributed by atoms with van der Waals surface area (Å²) in [6, 6.07) is 1.99. The van der Waals surface area contributed by atoms with E-state index < -0.39 is 0 Å². The number of rotatable bonds is 8. The molecule has 0 saturated carbocycles. The van der Waals surface area contributed by atoms with E-state index in [0.29, 0.717) is 19.0 Å². The van der Waals surface area contributed by atoms with Crippen LogP contribution in [0.15, 0.2) is 21.3 Å². The molecule has 6 heteroatoms. The Morgan fingerprint density at radius 2 is 2.24 bits per heavy atom. The highest BCUT2D eigenvalue weighted by Crippen LogP contribution is 2.21. The van der Waals surface area contributed by atoms with E-state index in [-0.39, 0.29) is 5.41 Å². The first-order chi connectivity index (χ1) is 10.0. The summed E-state index contributed by atoms with van der Waals surface area (Å²) in [6.07, 6.45) is 1.09. The molecule has 0 unspecified atom stereocenters. The molecule has 0 radical (unpaired) electrons. The average Bonchev–Trinajstić information content (AvgIpc) is 3.08. The van der Waals surface area contributed by atoms with Crippen molar-refractivity contribution in [1.82, 2.24) is 15.0 Å². The van der Waals surface area contributed by atoms with E-state index in [1.807, 2.05) is 16.8 Å². The molecule has 2 heterocycles. The number of hydrogen-bond acceptors (Lipinski definition) is 6. The maximum Gasteiger partial charge on any atom is 0.258 e. The van der Waals surface area contributed by atoms with Gasteiger partial charge >= 0.3 is 0 Å². The number of thiophene rings is 1. The highest BCUT2D eigenvalue weighted by molar-refractivity contribution is 7.08. The summed E-state index contributed by atoms with van der Waals surface area (Å²) >= 11 is 1.62. The Bertz CT molecular complexity index is 536. The minimum absolute atomic E-state index is 0.0924. The largest absolute Gasteiger partial charge is 0.334 e. The quantitative estimate of drug-likeness (QED) is 0.812. The highest BCUT2D eigenvalue weighted by Gasteiger charge is 2.21. The predicted octanol–water partition coefficient (Wildman–Crippen LogP) is 3.00. The van der Waals surface area contributed by atoms with Crippen LogP contribution in [0.4, 0.5) is 0 Å². The predicted molar refractivity (Wildman–Crippen MR) is 86.0 cm³/mol.